The highest BCUT2D eigenvalue weighted by molar-refractivity contribution is 7.91. The van der Waals surface area contributed by atoms with Crippen LogP contribution in [0.4, 0.5) is 0 Å². The molecule has 2 saturated heterocycles. The molecule has 3 atom stereocenters. The Morgan fingerprint density at radius 3 is 2.44 bits per heavy atom. The van der Waals surface area contributed by atoms with Gasteiger partial charge in [0, 0.05) is 25.2 Å². The fourth-order valence-corrected chi connectivity index (χ4v) is 5.27. The van der Waals surface area contributed by atoms with E-state index in [4.69, 9.17) is 10.5 Å². The van der Waals surface area contributed by atoms with Crippen molar-refractivity contribution >= 4 is 9.84 Å². The van der Waals surface area contributed by atoms with Crippen molar-refractivity contribution in [3.8, 4) is 0 Å². The lowest BCUT2D eigenvalue weighted by Crippen LogP contribution is -2.64. The second-order valence-corrected chi connectivity index (χ2v) is 7.97. The van der Waals surface area contributed by atoms with E-state index in [0.29, 0.717) is 12.3 Å². The minimum Gasteiger partial charge on any atom is -0.373 e. The highest BCUT2D eigenvalue weighted by Gasteiger charge is 2.44. The zero-order chi connectivity index (χ0) is 13.4. The molecule has 1 unspecified atom stereocenters. The largest absolute Gasteiger partial charge is 0.373 e. The van der Waals surface area contributed by atoms with E-state index in [-0.39, 0.29) is 23.5 Å². The second kappa shape index (κ2) is 5.07. The van der Waals surface area contributed by atoms with E-state index in [1.807, 2.05) is 13.8 Å². The first-order valence-corrected chi connectivity index (χ1v) is 8.50. The van der Waals surface area contributed by atoms with Crippen molar-refractivity contribution in [3.05, 3.63) is 0 Å². The van der Waals surface area contributed by atoms with Gasteiger partial charge in [-0.1, -0.05) is 0 Å². The topological polar surface area (TPSA) is 72.6 Å². The van der Waals surface area contributed by atoms with E-state index < -0.39 is 9.84 Å². The molecule has 2 aliphatic rings. The second-order valence-electron chi connectivity index (χ2n) is 5.79. The average molecular weight is 276 g/mol. The summed E-state index contributed by atoms with van der Waals surface area (Å²) in [4.78, 5) is 2.25. The Hall–Kier alpha value is -0.170. The molecule has 0 aromatic carbocycles. The van der Waals surface area contributed by atoms with Gasteiger partial charge >= 0.3 is 0 Å². The van der Waals surface area contributed by atoms with Crippen LogP contribution in [0.25, 0.3) is 0 Å². The third-order valence-electron chi connectivity index (χ3n) is 4.06. The summed E-state index contributed by atoms with van der Waals surface area (Å²) < 4.78 is 29.6. The van der Waals surface area contributed by atoms with Crippen molar-refractivity contribution in [2.24, 2.45) is 5.73 Å². The number of hydrogen-bond donors (Lipinski definition) is 1. The van der Waals surface area contributed by atoms with Gasteiger partial charge < -0.3 is 10.5 Å². The van der Waals surface area contributed by atoms with Crippen LogP contribution in [-0.2, 0) is 14.6 Å². The summed E-state index contributed by atoms with van der Waals surface area (Å²) in [7, 11) is -2.95. The molecule has 106 valence electrons. The maximum absolute atomic E-state index is 11.9. The van der Waals surface area contributed by atoms with Crippen LogP contribution in [0.1, 0.15) is 26.7 Å². The number of rotatable bonds is 2. The first-order valence-electron chi connectivity index (χ1n) is 6.68. The molecule has 5 nitrogen and oxygen atoms in total. The Morgan fingerprint density at radius 2 is 1.94 bits per heavy atom. The van der Waals surface area contributed by atoms with Crippen molar-refractivity contribution in [1.82, 2.24) is 4.90 Å². The van der Waals surface area contributed by atoms with Gasteiger partial charge in [-0.2, -0.15) is 0 Å². The standard InChI is InChI=1S/C12H24N2O3S/c1-10-6-14(7-11(2)17-10)12(8-13)4-3-5-18(15,16)9-12/h10-11H,3-9,13H2,1-2H3/t10-,11+,12?. The Morgan fingerprint density at radius 1 is 1.33 bits per heavy atom. The molecule has 6 heteroatoms. The van der Waals surface area contributed by atoms with Gasteiger partial charge in [-0.05, 0) is 26.7 Å². The highest BCUT2D eigenvalue weighted by atomic mass is 32.2. The quantitative estimate of drug-likeness (QED) is 0.769. The fourth-order valence-electron chi connectivity index (χ4n) is 3.28. The zero-order valence-corrected chi connectivity index (χ0v) is 12.1. The van der Waals surface area contributed by atoms with Gasteiger partial charge in [-0.3, -0.25) is 4.90 Å². The summed E-state index contributed by atoms with van der Waals surface area (Å²) in [5.41, 5.74) is 5.56. The van der Waals surface area contributed by atoms with E-state index in [0.717, 1.165) is 25.9 Å². The van der Waals surface area contributed by atoms with E-state index in [1.54, 1.807) is 0 Å². The van der Waals surface area contributed by atoms with E-state index in [9.17, 15) is 8.42 Å². The van der Waals surface area contributed by atoms with Crippen molar-refractivity contribution in [2.45, 2.75) is 44.4 Å². The van der Waals surface area contributed by atoms with Gasteiger partial charge in [0.1, 0.15) is 0 Å². The number of nitrogens with two attached hydrogens (primary N) is 1. The molecule has 2 aliphatic heterocycles. The number of nitrogens with zero attached hydrogens (tertiary/aromatic N) is 1. The summed E-state index contributed by atoms with van der Waals surface area (Å²) in [6.07, 6.45) is 1.88. The summed E-state index contributed by atoms with van der Waals surface area (Å²) in [5.74, 6) is 0.514. The van der Waals surface area contributed by atoms with Gasteiger partial charge in [-0.15, -0.1) is 0 Å². The molecule has 0 aromatic rings. The lowest BCUT2D eigenvalue weighted by atomic mass is 9.91. The van der Waals surface area contributed by atoms with Crippen molar-refractivity contribution in [1.29, 1.82) is 0 Å². The van der Waals surface area contributed by atoms with Crippen LogP contribution in [0.2, 0.25) is 0 Å². The van der Waals surface area contributed by atoms with E-state index in [1.165, 1.54) is 0 Å². The number of hydrogen-bond acceptors (Lipinski definition) is 5. The minimum atomic E-state index is -2.95. The minimum absolute atomic E-state index is 0.141. The highest BCUT2D eigenvalue weighted by Crippen LogP contribution is 2.31. The predicted octanol–water partition coefficient (Wildman–Crippen LogP) is 0.00170. The molecule has 0 amide bonds. The van der Waals surface area contributed by atoms with Crippen LogP contribution in [0, 0.1) is 0 Å². The van der Waals surface area contributed by atoms with Gasteiger partial charge in [0.05, 0.1) is 23.7 Å². The normalized spacial score (nSPS) is 41.7. The Balaban J connectivity index is 2.21. The summed E-state index contributed by atoms with van der Waals surface area (Å²) in [6, 6.07) is 0. The van der Waals surface area contributed by atoms with Crippen molar-refractivity contribution < 1.29 is 13.2 Å². The van der Waals surface area contributed by atoms with Crippen molar-refractivity contribution in [2.75, 3.05) is 31.1 Å². The summed E-state index contributed by atoms with van der Waals surface area (Å²) >= 11 is 0. The molecule has 0 saturated carbocycles. The third-order valence-corrected chi connectivity index (χ3v) is 5.94. The van der Waals surface area contributed by atoms with Crippen LogP contribution >= 0.6 is 0 Å². The van der Waals surface area contributed by atoms with Gasteiger partial charge in [0.15, 0.2) is 9.84 Å². The average Bonchev–Trinajstić information content (AvgIpc) is 2.26. The van der Waals surface area contributed by atoms with Gasteiger partial charge in [0.2, 0.25) is 0 Å². The maximum atomic E-state index is 11.9. The van der Waals surface area contributed by atoms with E-state index in [2.05, 4.69) is 4.90 Å². The smallest absolute Gasteiger partial charge is 0.152 e. The molecule has 0 radical (unpaired) electrons. The van der Waals surface area contributed by atoms with Crippen LogP contribution in [0.3, 0.4) is 0 Å². The SMILES string of the molecule is C[C@@H]1CN(C2(CN)CCCS(=O)(=O)C2)C[C@H](C)O1. The molecule has 0 spiro atoms. The molecule has 0 aliphatic carbocycles. The van der Waals surface area contributed by atoms with Gasteiger partial charge in [-0.25, -0.2) is 8.42 Å². The molecular formula is C12H24N2O3S. The molecule has 0 aromatic heterocycles. The molecule has 18 heavy (non-hydrogen) atoms. The zero-order valence-electron chi connectivity index (χ0n) is 11.3. The van der Waals surface area contributed by atoms with Crippen LogP contribution in [0.5, 0.6) is 0 Å². The predicted molar refractivity (Wildman–Crippen MR) is 71.3 cm³/mol. The molecule has 0 bridgehead atoms. The Bertz CT molecular complexity index is 388. The molecule has 2 rings (SSSR count). The Labute approximate surface area is 110 Å². The summed E-state index contributed by atoms with van der Waals surface area (Å²) in [6.45, 7) is 6.02. The van der Waals surface area contributed by atoms with Crippen LogP contribution < -0.4 is 5.73 Å². The van der Waals surface area contributed by atoms with Crippen LogP contribution in [0.15, 0.2) is 0 Å². The first kappa shape index (κ1) is 14.2. The molecule has 2 heterocycles. The molecule has 2 N–H and O–H groups in total. The maximum Gasteiger partial charge on any atom is 0.152 e. The van der Waals surface area contributed by atoms with Crippen LogP contribution in [-0.4, -0.2) is 62.2 Å². The molecule has 2 fully saturated rings. The lowest BCUT2D eigenvalue weighted by molar-refractivity contribution is -0.0986. The molecular weight excluding hydrogens is 252 g/mol. The first-order chi connectivity index (χ1) is 8.37. The number of sulfone groups is 1. The number of ether oxygens (including phenoxy) is 1. The fraction of sp³-hybridized carbons (Fsp3) is 1.00. The number of morpholine rings is 1. The summed E-state index contributed by atoms with van der Waals surface area (Å²) in [5, 5.41) is 0. The third kappa shape index (κ3) is 2.87. The lowest BCUT2D eigenvalue weighted by Gasteiger charge is -2.49. The van der Waals surface area contributed by atoms with E-state index >= 15 is 0 Å². The Kier molecular flexibility index (Phi) is 4.02. The van der Waals surface area contributed by atoms with Crippen molar-refractivity contribution in [3.63, 3.8) is 0 Å². The van der Waals surface area contributed by atoms with Gasteiger partial charge in [0.25, 0.3) is 0 Å². The monoisotopic (exact) mass is 276 g/mol.